The molecule has 1 fully saturated rings. The Labute approximate surface area is 231 Å². The molecule has 10 nitrogen and oxygen atoms in total. The smallest absolute Gasteiger partial charge is 0.302 e. The molecule has 2 aliphatic rings. The fourth-order valence-electron chi connectivity index (χ4n) is 5.21. The zero-order valence-electron chi connectivity index (χ0n) is 23.3. The third-order valence-electron chi connectivity index (χ3n) is 7.70. The van der Waals surface area contributed by atoms with Crippen molar-refractivity contribution in [3.63, 3.8) is 0 Å². The highest BCUT2D eigenvalue weighted by Crippen LogP contribution is 2.34. The molecule has 1 aliphatic heterocycles. The Morgan fingerprint density at radius 1 is 1.33 bits per heavy atom. The van der Waals surface area contributed by atoms with Crippen molar-refractivity contribution in [2.24, 2.45) is 22.1 Å². The maximum absolute atomic E-state index is 12.0. The number of nitrogens with two attached hydrogens (primary N) is 1. The van der Waals surface area contributed by atoms with Crippen LogP contribution in [0.15, 0.2) is 23.2 Å². The second-order valence-corrected chi connectivity index (χ2v) is 10.7. The minimum atomic E-state index is -0.844. The van der Waals surface area contributed by atoms with Crippen LogP contribution in [0.4, 0.5) is 0 Å². The van der Waals surface area contributed by atoms with Gasteiger partial charge in [0.2, 0.25) is 0 Å². The Morgan fingerprint density at radius 2 is 2.08 bits per heavy atom. The number of hydrogen-bond acceptors (Lipinski definition) is 8. The van der Waals surface area contributed by atoms with Crippen molar-refractivity contribution in [3.05, 3.63) is 23.8 Å². The number of aliphatic hydroxyl groups excluding tert-OH is 2. The third kappa shape index (κ3) is 9.02. The number of guanidine groups is 1. The molecular weight excluding hydrogens is 500 g/mol. The van der Waals surface area contributed by atoms with Crippen molar-refractivity contribution in [2.75, 3.05) is 26.7 Å². The van der Waals surface area contributed by atoms with Gasteiger partial charge in [-0.15, -0.1) is 5.92 Å². The van der Waals surface area contributed by atoms with Crippen LogP contribution >= 0.6 is 0 Å². The number of phenolic OH excluding ortho intramolecular Hbond substituents is 1. The number of carbonyl (C=O) groups excluding carboxylic acids is 1. The molecule has 39 heavy (non-hydrogen) atoms. The van der Waals surface area contributed by atoms with E-state index in [0.717, 1.165) is 31.5 Å². The Bertz CT molecular complexity index is 1050. The predicted octanol–water partition coefficient (Wildman–Crippen LogP) is 1.45. The minimum Gasteiger partial charge on any atom is -0.504 e. The first-order chi connectivity index (χ1) is 18.6. The second kappa shape index (κ2) is 14.4. The number of aromatic hydroxyl groups is 1. The Morgan fingerprint density at radius 3 is 2.74 bits per heavy atom. The van der Waals surface area contributed by atoms with Crippen molar-refractivity contribution in [3.8, 4) is 23.3 Å². The fraction of sp³-hybridized carbons (Fsp3) is 0.655. The zero-order valence-corrected chi connectivity index (χ0v) is 23.3. The molecule has 5 atom stereocenters. The number of esters is 1. The van der Waals surface area contributed by atoms with E-state index in [1.54, 1.807) is 20.0 Å². The van der Waals surface area contributed by atoms with Crippen LogP contribution in [0.5, 0.6) is 11.5 Å². The molecule has 1 saturated heterocycles. The van der Waals surface area contributed by atoms with E-state index in [-0.39, 0.29) is 36.7 Å². The zero-order chi connectivity index (χ0) is 28.4. The lowest BCUT2D eigenvalue weighted by Gasteiger charge is -2.35. The maximum Gasteiger partial charge on any atom is 0.302 e. The van der Waals surface area contributed by atoms with Crippen LogP contribution in [0, 0.1) is 23.2 Å². The van der Waals surface area contributed by atoms with Gasteiger partial charge in [0.05, 0.1) is 17.6 Å². The molecular formula is C29H44N4O6. The number of phenols is 1. The molecule has 0 amide bonds. The number of benzene rings is 1. The van der Waals surface area contributed by atoms with Gasteiger partial charge in [-0.3, -0.25) is 9.79 Å². The molecule has 10 heteroatoms. The van der Waals surface area contributed by atoms with Crippen LogP contribution in [0.1, 0.15) is 57.9 Å². The van der Waals surface area contributed by atoms with Crippen LogP contribution in [-0.4, -0.2) is 78.3 Å². The molecule has 1 aromatic carbocycles. The number of rotatable bonds is 8. The van der Waals surface area contributed by atoms with Crippen LogP contribution < -0.4 is 21.1 Å². The quantitative estimate of drug-likeness (QED) is 0.123. The van der Waals surface area contributed by atoms with E-state index >= 15 is 0 Å². The van der Waals surface area contributed by atoms with Crippen LogP contribution in [0.3, 0.4) is 0 Å². The molecule has 0 radical (unpaired) electrons. The molecule has 5 unspecified atom stereocenters. The van der Waals surface area contributed by atoms with Crippen molar-refractivity contribution < 1.29 is 29.6 Å². The van der Waals surface area contributed by atoms with Gasteiger partial charge < -0.3 is 41.2 Å². The van der Waals surface area contributed by atoms with Gasteiger partial charge in [-0.2, -0.15) is 0 Å². The minimum absolute atomic E-state index is 0.0323. The molecule has 0 saturated carbocycles. The average Bonchev–Trinajstić information content (AvgIpc) is 2.90. The largest absolute Gasteiger partial charge is 0.504 e. The lowest BCUT2D eigenvalue weighted by Crippen LogP contribution is -2.46. The SMILES string of the molecule is CN=C(N)NCC1(C(C)O)C#CCC(Cc2ccc(O)c(OC3CCNCC3)c2)C(OC(C)=O)CC(O)CC1. The van der Waals surface area contributed by atoms with Gasteiger partial charge >= 0.3 is 5.97 Å². The normalized spacial score (nSPS) is 27.5. The summed E-state index contributed by atoms with van der Waals surface area (Å²) in [5, 5.41) is 38.4. The first-order valence-corrected chi connectivity index (χ1v) is 13.8. The Balaban J connectivity index is 1.89. The van der Waals surface area contributed by atoms with Gasteiger partial charge in [0, 0.05) is 39.3 Å². The van der Waals surface area contributed by atoms with Gasteiger partial charge in [0.25, 0.3) is 0 Å². The average molecular weight is 545 g/mol. The van der Waals surface area contributed by atoms with Gasteiger partial charge in [-0.1, -0.05) is 12.0 Å². The highest BCUT2D eigenvalue weighted by Gasteiger charge is 2.36. The molecule has 0 spiro atoms. The van der Waals surface area contributed by atoms with Crippen LogP contribution in [0.25, 0.3) is 0 Å². The van der Waals surface area contributed by atoms with Crippen molar-refractivity contribution in [1.29, 1.82) is 0 Å². The van der Waals surface area contributed by atoms with E-state index in [9.17, 15) is 20.1 Å². The maximum atomic E-state index is 12.0. The summed E-state index contributed by atoms with van der Waals surface area (Å²) in [6.45, 7) is 5.08. The first kappa shape index (κ1) is 30.5. The van der Waals surface area contributed by atoms with Crippen molar-refractivity contribution >= 4 is 11.9 Å². The number of carbonyl (C=O) groups is 1. The van der Waals surface area contributed by atoms with E-state index in [2.05, 4.69) is 27.5 Å². The number of aliphatic hydroxyl groups is 2. The van der Waals surface area contributed by atoms with E-state index in [4.69, 9.17) is 15.2 Å². The topological polar surface area (TPSA) is 159 Å². The molecule has 216 valence electrons. The summed E-state index contributed by atoms with van der Waals surface area (Å²) in [6, 6.07) is 5.29. The number of ether oxygens (including phenoxy) is 2. The fourth-order valence-corrected chi connectivity index (χ4v) is 5.21. The summed E-state index contributed by atoms with van der Waals surface area (Å²) in [5.74, 6) is 6.65. The van der Waals surface area contributed by atoms with Gasteiger partial charge in [-0.05, 0) is 69.8 Å². The third-order valence-corrected chi connectivity index (χ3v) is 7.70. The van der Waals surface area contributed by atoms with Crippen LogP contribution in [-0.2, 0) is 16.0 Å². The standard InChI is InChI=1S/C29H44N4O6/c1-19(34)29(18-33-28(30)31-3)11-4-5-22(26(38-20(2)35)17-23(36)8-12-29)15-21-6-7-25(37)27(16-21)39-24-9-13-32-14-10-24/h6-7,16,19,22-24,26,32,34,36-37H,5,8-10,12-15,17-18H2,1-3H3,(H3,30,31,33). The highest BCUT2D eigenvalue weighted by atomic mass is 16.5. The summed E-state index contributed by atoms with van der Waals surface area (Å²) < 4.78 is 11.8. The lowest BCUT2D eigenvalue weighted by molar-refractivity contribution is -0.151. The Hall–Kier alpha value is -3.00. The number of hydrogen-bond donors (Lipinski definition) is 6. The van der Waals surface area contributed by atoms with Gasteiger partial charge in [-0.25, -0.2) is 0 Å². The summed E-state index contributed by atoms with van der Waals surface area (Å²) in [4.78, 5) is 15.9. The monoisotopic (exact) mass is 544 g/mol. The second-order valence-electron chi connectivity index (χ2n) is 10.7. The number of aliphatic imine (C=N–C) groups is 1. The summed E-state index contributed by atoms with van der Waals surface area (Å²) >= 11 is 0. The number of nitrogens with one attached hydrogen (secondary N) is 2. The number of piperidine rings is 1. The first-order valence-electron chi connectivity index (χ1n) is 13.8. The van der Waals surface area contributed by atoms with E-state index < -0.39 is 29.7 Å². The number of nitrogens with zero attached hydrogens (tertiary/aromatic N) is 1. The molecule has 1 aromatic rings. The van der Waals surface area contributed by atoms with Gasteiger partial charge in [0.1, 0.15) is 12.2 Å². The van der Waals surface area contributed by atoms with E-state index in [1.165, 1.54) is 6.92 Å². The summed E-state index contributed by atoms with van der Waals surface area (Å²) in [5.41, 5.74) is 5.90. The molecule has 1 aliphatic carbocycles. The predicted molar refractivity (Wildman–Crippen MR) is 149 cm³/mol. The van der Waals surface area contributed by atoms with Crippen molar-refractivity contribution in [2.45, 2.75) is 83.2 Å². The molecule has 3 rings (SSSR count). The van der Waals surface area contributed by atoms with Crippen molar-refractivity contribution in [1.82, 2.24) is 10.6 Å². The van der Waals surface area contributed by atoms with E-state index in [0.29, 0.717) is 31.4 Å². The molecule has 1 heterocycles. The molecule has 0 aromatic heterocycles. The highest BCUT2D eigenvalue weighted by molar-refractivity contribution is 5.77. The summed E-state index contributed by atoms with van der Waals surface area (Å²) in [7, 11) is 1.58. The lowest BCUT2D eigenvalue weighted by atomic mass is 9.76. The van der Waals surface area contributed by atoms with E-state index in [1.807, 2.05) is 12.1 Å². The van der Waals surface area contributed by atoms with Gasteiger partial charge in [0.15, 0.2) is 17.5 Å². The van der Waals surface area contributed by atoms with Crippen LogP contribution in [0.2, 0.25) is 0 Å². The Kier molecular flexibility index (Phi) is 11.3. The molecule has 7 N–H and O–H groups in total. The molecule has 0 bridgehead atoms. The summed E-state index contributed by atoms with van der Waals surface area (Å²) in [6.07, 6.45) is 1.59.